The molecule has 8 rings (SSSR count). The van der Waals surface area contributed by atoms with E-state index in [2.05, 4.69) is 61.1 Å². The Balaban J connectivity index is 0.000000348. The predicted octanol–water partition coefficient (Wildman–Crippen LogP) is 4.00. The van der Waals surface area contributed by atoms with Gasteiger partial charge in [-0.2, -0.15) is 0 Å². The number of nitrogens with zero attached hydrogens (tertiary/aromatic N) is 8. The molecule has 19 nitrogen and oxygen atoms in total. The van der Waals surface area contributed by atoms with E-state index in [-0.39, 0.29) is 58.2 Å². The Bertz CT molecular complexity index is 2600. The van der Waals surface area contributed by atoms with E-state index in [9.17, 15) is 19.5 Å². The Morgan fingerprint density at radius 3 is 1.51 bits per heavy atom. The van der Waals surface area contributed by atoms with Gasteiger partial charge in [-0.25, -0.2) is 49.5 Å². The molecule has 2 aliphatic rings. The second-order valence-corrected chi connectivity index (χ2v) is 16.8. The zero-order valence-electron chi connectivity index (χ0n) is 40.6. The average molecular weight is 1010 g/mol. The zero-order chi connectivity index (χ0) is 48.4. The molecule has 0 saturated heterocycles. The largest absolute Gasteiger partial charge is 1.00 e. The van der Waals surface area contributed by atoms with Crippen molar-refractivity contribution in [1.82, 2.24) is 39.9 Å². The first-order valence-electron chi connectivity index (χ1n) is 22.5. The molecule has 0 aliphatic heterocycles. The summed E-state index contributed by atoms with van der Waals surface area (Å²) in [6.45, 7) is 5.19. The first kappa shape index (κ1) is 57.2. The molecule has 6 N–H and O–H groups in total. The molecule has 1 unspecified atom stereocenters. The summed E-state index contributed by atoms with van der Waals surface area (Å²) in [5.41, 5.74) is 1.84. The van der Waals surface area contributed by atoms with E-state index in [1.54, 1.807) is 26.2 Å². The Morgan fingerprint density at radius 2 is 1.09 bits per heavy atom. The second-order valence-electron chi connectivity index (χ2n) is 16.1. The Morgan fingerprint density at radius 1 is 0.657 bits per heavy atom. The van der Waals surface area contributed by atoms with Crippen molar-refractivity contribution in [3.63, 3.8) is 0 Å². The molecule has 6 heterocycles. The van der Waals surface area contributed by atoms with Crippen molar-refractivity contribution in [2.45, 2.75) is 83.4 Å². The van der Waals surface area contributed by atoms with E-state index < -0.39 is 23.8 Å². The van der Waals surface area contributed by atoms with Gasteiger partial charge in [0.15, 0.2) is 16.4 Å². The third kappa shape index (κ3) is 16.4. The van der Waals surface area contributed by atoms with Crippen molar-refractivity contribution in [2.24, 2.45) is 11.8 Å². The van der Waals surface area contributed by atoms with Gasteiger partial charge in [0.05, 0.1) is 18.8 Å². The fraction of sp³-hybridized carbons (Fsp3) is 0.426. The minimum absolute atomic E-state index is 0. The van der Waals surface area contributed by atoms with Gasteiger partial charge in [0, 0.05) is 94.2 Å². The molecular formula is C47H57BCl2N12NaO7. The number of rotatable bonds is 16. The monoisotopic (exact) mass is 1010 g/mol. The van der Waals surface area contributed by atoms with Crippen LogP contribution in [0.25, 0.3) is 21.8 Å². The van der Waals surface area contributed by atoms with Gasteiger partial charge < -0.3 is 42.4 Å². The van der Waals surface area contributed by atoms with Crippen LogP contribution in [0.2, 0.25) is 10.3 Å². The molecule has 6 aromatic rings. The van der Waals surface area contributed by atoms with Gasteiger partial charge in [0.1, 0.15) is 22.7 Å². The average Bonchev–Trinajstić information content (AvgIpc) is 3.37. The van der Waals surface area contributed by atoms with Crippen LogP contribution in [0.1, 0.15) is 88.7 Å². The zero-order valence-corrected chi connectivity index (χ0v) is 43.2. The molecule has 6 aromatic heterocycles. The maximum atomic E-state index is 11.9. The van der Waals surface area contributed by atoms with Gasteiger partial charge in [-0.15, -0.1) is 0 Å². The van der Waals surface area contributed by atoms with Crippen LogP contribution in [0, 0.1) is 11.8 Å². The molecule has 365 valence electrons. The normalized spacial score (nSPS) is 17.6. The molecular weight excluding hydrogens is 949 g/mol. The number of carbonyl (C=O) groups is 3. The molecule has 1 atom stereocenters. The summed E-state index contributed by atoms with van der Waals surface area (Å²) >= 11 is 12.3. The number of Topliss-reactive ketones (excluding diaryl/α,β-unsaturated/α-hetero) is 1. The Hall–Kier alpha value is -5.35. The van der Waals surface area contributed by atoms with Crippen molar-refractivity contribution in [3.8, 4) is 0 Å². The number of carbonyl (C=O) groups excluding carboxylic acids is 3. The molecule has 2 saturated carbocycles. The minimum Gasteiger partial charge on any atom is -1.00 e. The van der Waals surface area contributed by atoms with Crippen LogP contribution in [-0.2, 0) is 19.1 Å². The number of halogens is 2. The van der Waals surface area contributed by atoms with E-state index in [1.807, 2.05) is 36.4 Å². The summed E-state index contributed by atoms with van der Waals surface area (Å²) in [4.78, 5) is 69.2. The summed E-state index contributed by atoms with van der Waals surface area (Å²) in [6.07, 6.45) is 15.9. The quantitative estimate of drug-likeness (QED) is 0.0263. The van der Waals surface area contributed by atoms with Gasteiger partial charge in [-0.3, -0.25) is 4.79 Å². The molecule has 0 bridgehead atoms. The number of nitrogens with one attached hydrogen (secondary N) is 4. The SMILES string of the molecule is CCOC(=O)C(=O)c1cnc(NCC2CCC(Nc3ccc4ccnc(Cl)c4n3)CC2)nc1.CCOC(=O)C(O)c1cnc(NCC2CCC(Nc3ccc4ccnc(Cl)c4n3)CC2)nc1.CO.[B].[H-].[Na+]. The van der Waals surface area contributed by atoms with Gasteiger partial charge >= 0.3 is 41.5 Å². The predicted molar refractivity (Wildman–Crippen MR) is 266 cm³/mol. The van der Waals surface area contributed by atoms with Gasteiger partial charge in [-0.05, 0) is 113 Å². The first-order chi connectivity index (χ1) is 33.1. The number of hydrogen-bond donors (Lipinski definition) is 6. The van der Waals surface area contributed by atoms with Crippen molar-refractivity contribution in [2.75, 3.05) is 54.7 Å². The maximum absolute atomic E-state index is 11.9. The summed E-state index contributed by atoms with van der Waals surface area (Å²) < 4.78 is 9.52. The van der Waals surface area contributed by atoms with Crippen molar-refractivity contribution >= 4 is 94.7 Å². The molecule has 0 amide bonds. The fourth-order valence-corrected chi connectivity index (χ4v) is 8.29. The van der Waals surface area contributed by atoms with Crippen LogP contribution < -0.4 is 50.8 Å². The molecule has 2 aliphatic carbocycles. The van der Waals surface area contributed by atoms with Crippen molar-refractivity contribution in [3.05, 3.63) is 95.0 Å². The fourth-order valence-electron chi connectivity index (χ4n) is 7.88. The van der Waals surface area contributed by atoms with E-state index in [0.29, 0.717) is 62.7 Å². The van der Waals surface area contributed by atoms with Crippen LogP contribution in [0.5, 0.6) is 0 Å². The standard InChI is InChI=1S/C23H27ClN6O3.C23H25ClN6O3.CH4O.B.Na.H/c2*1-2-33-22(32)20(31)16-12-27-23(28-13-16)26-11-14-3-6-17(7-4-14)29-18-8-5-15-9-10-25-21(24)19(15)30-18;1-2;;;/h5,8-10,12-14,17,20,31H,2-4,6-7,11H2,1H3,(H,29,30)(H,26,27,28);5,8-10,12-14,17H,2-4,6-7,11H2,1H3,(H,29,30)(H,26,27,28);2H,1H3;;;/q;;;;+1;-1. The number of hydrogen-bond acceptors (Lipinski definition) is 19. The van der Waals surface area contributed by atoms with Gasteiger partial charge in [0.25, 0.3) is 5.78 Å². The minimum atomic E-state index is -1.37. The molecule has 2 fully saturated rings. The van der Waals surface area contributed by atoms with Crippen LogP contribution >= 0.6 is 23.2 Å². The summed E-state index contributed by atoms with van der Waals surface area (Å²) in [5.74, 6) is 1.20. The van der Waals surface area contributed by atoms with Crippen LogP contribution in [0.15, 0.2) is 73.6 Å². The van der Waals surface area contributed by atoms with E-state index >= 15 is 0 Å². The Kier molecular flexibility index (Phi) is 23.8. The first-order valence-corrected chi connectivity index (χ1v) is 23.3. The van der Waals surface area contributed by atoms with Crippen molar-refractivity contribution in [1.29, 1.82) is 0 Å². The smallest absolute Gasteiger partial charge is 1.00 e. The third-order valence-electron chi connectivity index (χ3n) is 11.5. The van der Waals surface area contributed by atoms with Gasteiger partial charge in [-0.1, -0.05) is 23.2 Å². The number of aromatic nitrogens is 8. The third-order valence-corrected chi connectivity index (χ3v) is 12.0. The number of aliphatic hydroxyl groups excluding tert-OH is 2. The summed E-state index contributed by atoms with van der Waals surface area (Å²) in [5, 5.41) is 33.2. The number of pyridine rings is 4. The summed E-state index contributed by atoms with van der Waals surface area (Å²) in [6, 6.07) is 12.5. The number of ketones is 1. The van der Waals surface area contributed by atoms with Crippen LogP contribution in [0.3, 0.4) is 0 Å². The number of anilines is 4. The molecule has 3 radical (unpaired) electrons. The van der Waals surface area contributed by atoms with Crippen molar-refractivity contribution < 1.29 is 65.1 Å². The molecule has 23 heteroatoms. The topological polar surface area (TPSA) is 261 Å². The number of esters is 2. The molecule has 70 heavy (non-hydrogen) atoms. The number of fused-ring (bicyclic) bond motifs is 2. The van der Waals surface area contributed by atoms with E-state index in [0.717, 1.165) is 94.0 Å². The maximum Gasteiger partial charge on any atom is 1.00 e. The van der Waals surface area contributed by atoms with Crippen LogP contribution in [0.4, 0.5) is 23.5 Å². The molecule has 0 spiro atoms. The number of ether oxygens (including phenoxy) is 2. The van der Waals surface area contributed by atoms with E-state index in [4.69, 9.17) is 37.8 Å². The molecule has 0 aromatic carbocycles. The van der Waals surface area contributed by atoms with Crippen LogP contribution in [-0.4, -0.2) is 122 Å². The van der Waals surface area contributed by atoms with E-state index in [1.165, 1.54) is 24.8 Å². The Labute approximate surface area is 441 Å². The van der Waals surface area contributed by atoms with Gasteiger partial charge in [0.2, 0.25) is 11.9 Å². The number of aliphatic hydroxyl groups is 2. The second kappa shape index (κ2) is 29.1. The summed E-state index contributed by atoms with van der Waals surface area (Å²) in [7, 11) is 1.00.